The predicted octanol–water partition coefficient (Wildman–Crippen LogP) is 2.56. The van der Waals surface area contributed by atoms with Crippen LogP contribution in [-0.2, 0) is 19.1 Å². The van der Waals surface area contributed by atoms with Gasteiger partial charge >= 0.3 is 11.9 Å². The molecule has 0 radical (unpaired) electrons. The molecule has 30 heavy (non-hydrogen) atoms. The van der Waals surface area contributed by atoms with Crippen molar-refractivity contribution in [2.75, 3.05) is 13.7 Å². The third-order valence-electron chi connectivity index (χ3n) is 4.24. The lowest BCUT2D eigenvalue weighted by atomic mass is 9.78. The summed E-state index contributed by atoms with van der Waals surface area (Å²) >= 11 is 0. The molecule has 2 rings (SSSR count). The summed E-state index contributed by atoms with van der Waals surface area (Å²) in [4.78, 5) is 25.6. The molecule has 8 heteroatoms. The van der Waals surface area contributed by atoms with E-state index in [1.807, 2.05) is 39.0 Å². The van der Waals surface area contributed by atoms with Gasteiger partial charge in [0.15, 0.2) is 0 Å². The van der Waals surface area contributed by atoms with E-state index in [0.717, 1.165) is 7.11 Å². The zero-order valence-corrected chi connectivity index (χ0v) is 17.1. The van der Waals surface area contributed by atoms with Gasteiger partial charge in [-0.3, -0.25) is 0 Å². The molecule has 0 saturated heterocycles. The summed E-state index contributed by atoms with van der Waals surface area (Å²) in [5.74, 6) is -2.88. The average molecular weight is 404 g/mol. The van der Waals surface area contributed by atoms with Crippen molar-refractivity contribution >= 4 is 11.9 Å². The lowest BCUT2D eigenvalue weighted by molar-refractivity contribution is -0.142. The third-order valence-corrected chi connectivity index (χ3v) is 4.24. The molecule has 0 amide bonds. The first-order chi connectivity index (χ1) is 14.2. The number of allylic oxidation sites excluding steroid dienone is 2. The number of benzene rings is 1. The largest absolute Gasteiger partial charge is 0.466 e. The molecule has 8 nitrogen and oxygen atoms in total. The molecule has 1 aliphatic rings. The van der Waals surface area contributed by atoms with Gasteiger partial charge in [-0.25, -0.2) is 9.59 Å². The van der Waals surface area contributed by atoms with Crippen LogP contribution in [0.3, 0.4) is 0 Å². The Morgan fingerprint density at radius 2 is 1.57 bits per heavy atom. The van der Waals surface area contributed by atoms with Crippen LogP contribution < -0.4 is 5.32 Å². The second-order valence-electron chi connectivity index (χ2n) is 7.69. The van der Waals surface area contributed by atoms with Crippen molar-refractivity contribution in [1.82, 2.24) is 5.32 Å². The van der Waals surface area contributed by atoms with Crippen molar-refractivity contribution in [2.24, 2.45) is 5.41 Å². The van der Waals surface area contributed by atoms with Crippen LogP contribution in [0.2, 0.25) is 0 Å². The smallest absolute Gasteiger partial charge is 0.337 e. The predicted molar refractivity (Wildman–Crippen MR) is 105 cm³/mol. The summed E-state index contributed by atoms with van der Waals surface area (Å²) in [6.07, 6.45) is 0. The summed E-state index contributed by atoms with van der Waals surface area (Å²) in [5, 5.41) is 31.3. The van der Waals surface area contributed by atoms with E-state index >= 15 is 0 Å². The van der Waals surface area contributed by atoms with Crippen molar-refractivity contribution in [1.29, 1.82) is 15.8 Å². The SMILES string of the molecule is COC(=O)C1=C(C#N)NC(C#N)=C(C(=O)OCC(C)(C)C)C1c1ccccc1C#N. The van der Waals surface area contributed by atoms with E-state index in [1.54, 1.807) is 18.2 Å². The molecule has 1 atom stereocenters. The molecule has 1 heterocycles. The van der Waals surface area contributed by atoms with Crippen LogP contribution >= 0.6 is 0 Å². The number of methoxy groups -OCH3 is 1. The second kappa shape index (κ2) is 8.94. The maximum Gasteiger partial charge on any atom is 0.337 e. The topological polar surface area (TPSA) is 136 Å². The van der Waals surface area contributed by atoms with E-state index in [2.05, 4.69) is 5.32 Å². The number of carbonyl (C=O) groups excluding carboxylic acids is 2. The standard InChI is InChI=1S/C22H20N4O4/c1-22(2,3)12-30-21(28)19-16(11-25)26-15(10-24)18(20(27)29-4)17(19)14-8-6-5-7-13(14)9-23/h5-8,17,26H,12H2,1-4H3. The lowest BCUT2D eigenvalue weighted by Gasteiger charge is -2.29. The first-order valence-electron chi connectivity index (χ1n) is 8.98. The van der Waals surface area contributed by atoms with Gasteiger partial charge in [-0.2, -0.15) is 15.8 Å². The molecular weight excluding hydrogens is 384 g/mol. The first kappa shape index (κ1) is 22.2. The average Bonchev–Trinajstić information content (AvgIpc) is 2.74. The third kappa shape index (κ3) is 4.48. The van der Waals surface area contributed by atoms with E-state index in [4.69, 9.17) is 9.47 Å². The molecule has 1 aliphatic heterocycles. The Morgan fingerprint density at radius 1 is 1.00 bits per heavy atom. The van der Waals surface area contributed by atoms with Crippen LogP contribution in [0.15, 0.2) is 46.8 Å². The Morgan fingerprint density at radius 3 is 2.07 bits per heavy atom. The number of dihydropyridines is 1. The summed E-state index contributed by atoms with van der Waals surface area (Å²) < 4.78 is 10.2. The Bertz CT molecular complexity index is 1070. The maximum absolute atomic E-state index is 13.0. The molecule has 0 aromatic heterocycles. The quantitative estimate of drug-likeness (QED) is 0.756. The summed E-state index contributed by atoms with van der Waals surface area (Å²) in [6.45, 7) is 5.67. The van der Waals surface area contributed by atoms with Crippen molar-refractivity contribution in [3.05, 3.63) is 57.9 Å². The highest BCUT2D eigenvalue weighted by Crippen LogP contribution is 2.40. The van der Waals surface area contributed by atoms with Gasteiger partial charge in [-0.1, -0.05) is 39.0 Å². The zero-order chi connectivity index (χ0) is 22.5. The number of nitrogens with one attached hydrogen (secondary N) is 1. The van der Waals surface area contributed by atoms with Gasteiger partial charge in [0, 0.05) is 0 Å². The Labute approximate surface area is 174 Å². The molecule has 0 saturated carbocycles. The number of hydrogen-bond donors (Lipinski definition) is 1. The maximum atomic E-state index is 13.0. The molecule has 1 aromatic rings. The fraction of sp³-hybridized carbons (Fsp3) is 0.318. The highest BCUT2D eigenvalue weighted by atomic mass is 16.5. The minimum Gasteiger partial charge on any atom is -0.466 e. The van der Waals surface area contributed by atoms with Crippen LogP contribution in [0.1, 0.15) is 37.8 Å². The molecule has 152 valence electrons. The minimum absolute atomic E-state index is 0.0586. The van der Waals surface area contributed by atoms with Gasteiger partial charge in [0.1, 0.15) is 23.5 Å². The van der Waals surface area contributed by atoms with Gasteiger partial charge in [0.2, 0.25) is 0 Å². The van der Waals surface area contributed by atoms with Crippen LogP contribution in [0.4, 0.5) is 0 Å². The number of hydrogen-bond acceptors (Lipinski definition) is 8. The molecule has 1 aromatic carbocycles. The minimum atomic E-state index is -1.19. The molecule has 1 unspecified atom stereocenters. The Hall–Kier alpha value is -4.09. The van der Waals surface area contributed by atoms with Crippen LogP contribution in [0.25, 0.3) is 0 Å². The van der Waals surface area contributed by atoms with Gasteiger partial charge in [-0.05, 0) is 17.0 Å². The van der Waals surface area contributed by atoms with E-state index < -0.39 is 17.9 Å². The molecule has 0 fully saturated rings. The molecule has 0 spiro atoms. The van der Waals surface area contributed by atoms with Crippen molar-refractivity contribution in [2.45, 2.75) is 26.7 Å². The van der Waals surface area contributed by atoms with Gasteiger partial charge < -0.3 is 14.8 Å². The van der Waals surface area contributed by atoms with E-state index in [1.165, 1.54) is 6.07 Å². The van der Waals surface area contributed by atoms with Crippen LogP contribution in [0.5, 0.6) is 0 Å². The fourth-order valence-corrected chi connectivity index (χ4v) is 2.94. The summed E-state index contributed by atoms with van der Waals surface area (Å²) in [7, 11) is 1.14. The molecule has 0 bridgehead atoms. The number of nitrogens with zero attached hydrogens (tertiary/aromatic N) is 3. The van der Waals surface area contributed by atoms with Gasteiger partial charge in [0.05, 0.1) is 42.4 Å². The van der Waals surface area contributed by atoms with Crippen molar-refractivity contribution in [3.8, 4) is 18.2 Å². The molecule has 0 aliphatic carbocycles. The van der Waals surface area contributed by atoms with E-state index in [0.29, 0.717) is 0 Å². The Balaban J connectivity index is 2.78. The van der Waals surface area contributed by atoms with Gasteiger partial charge in [-0.15, -0.1) is 0 Å². The molecular formula is C22H20N4O4. The van der Waals surface area contributed by atoms with E-state index in [9.17, 15) is 25.4 Å². The number of ether oxygens (including phenoxy) is 2. The monoisotopic (exact) mass is 404 g/mol. The normalized spacial score (nSPS) is 16.0. The summed E-state index contributed by atoms with van der Waals surface area (Å²) in [5.41, 5.74) is -0.677. The second-order valence-corrected chi connectivity index (χ2v) is 7.69. The first-order valence-corrected chi connectivity index (χ1v) is 8.98. The van der Waals surface area contributed by atoms with Crippen molar-refractivity contribution < 1.29 is 19.1 Å². The number of esters is 2. The van der Waals surface area contributed by atoms with Gasteiger partial charge in [0.25, 0.3) is 0 Å². The zero-order valence-electron chi connectivity index (χ0n) is 17.1. The lowest BCUT2D eigenvalue weighted by Crippen LogP contribution is -2.34. The van der Waals surface area contributed by atoms with Crippen LogP contribution in [-0.4, -0.2) is 25.7 Å². The highest BCUT2D eigenvalue weighted by Gasteiger charge is 2.41. The number of nitriles is 3. The fourth-order valence-electron chi connectivity index (χ4n) is 2.94. The number of carbonyl (C=O) groups is 2. The van der Waals surface area contributed by atoms with Crippen LogP contribution in [0, 0.1) is 39.4 Å². The molecule has 1 N–H and O–H groups in total. The van der Waals surface area contributed by atoms with Crippen molar-refractivity contribution in [3.63, 3.8) is 0 Å². The summed E-state index contributed by atoms with van der Waals surface area (Å²) in [6, 6.07) is 12.0. The number of rotatable bonds is 4. The van der Waals surface area contributed by atoms with E-state index in [-0.39, 0.29) is 45.7 Å². The Kier molecular flexibility index (Phi) is 6.62. The highest BCUT2D eigenvalue weighted by molar-refractivity contribution is 6.01.